The van der Waals surface area contributed by atoms with E-state index < -0.39 is 0 Å². The molecular weight excluding hydrogens is 208 g/mol. The Labute approximate surface area is 97.8 Å². The monoisotopic (exact) mass is 232 g/mol. The number of amides is 1. The van der Waals surface area contributed by atoms with Crippen molar-refractivity contribution >= 4 is 17.7 Å². The molecule has 0 saturated carbocycles. The van der Waals surface area contributed by atoms with Crippen LogP contribution in [0.1, 0.15) is 26.7 Å². The molecule has 0 aromatic carbocycles. The van der Waals surface area contributed by atoms with Crippen molar-refractivity contribution in [1.82, 2.24) is 10.6 Å². The second kappa shape index (κ2) is 10.3. The average molecular weight is 232 g/mol. The molecule has 0 aliphatic carbocycles. The Hall–Kier alpha value is -0.220. The maximum Gasteiger partial charge on any atom is 0.221 e. The van der Waals surface area contributed by atoms with Crippen LogP contribution in [0.4, 0.5) is 0 Å². The van der Waals surface area contributed by atoms with Gasteiger partial charge in [0, 0.05) is 25.3 Å². The van der Waals surface area contributed by atoms with Crippen LogP contribution in [0.3, 0.4) is 0 Å². The van der Waals surface area contributed by atoms with Gasteiger partial charge in [-0.1, -0.05) is 13.8 Å². The summed E-state index contributed by atoms with van der Waals surface area (Å²) >= 11 is 1.92. The average Bonchev–Trinajstić information content (AvgIpc) is 2.19. The van der Waals surface area contributed by atoms with Gasteiger partial charge in [-0.25, -0.2) is 0 Å². The lowest BCUT2D eigenvalue weighted by Gasteiger charge is -2.06. The molecule has 0 heterocycles. The first-order valence-corrected chi connectivity index (χ1v) is 6.81. The molecule has 0 radical (unpaired) electrons. The highest BCUT2D eigenvalue weighted by Crippen LogP contribution is 2.07. The summed E-state index contributed by atoms with van der Waals surface area (Å²) in [5.74, 6) is 3.15. The van der Waals surface area contributed by atoms with Gasteiger partial charge >= 0.3 is 0 Å². The summed E-state index contributed by atoms with van der Waals surface area (Å²) < 4.78 is 0. The third-order valence-electron chi connectivity index (χ3n) is 2.01. The van der Waals surface area contributed by atoms with Crippen LogP contribution < -0.4 is 10.6 Å². The minimum atomic E-state index is 0.147. The minimum Gasteiger partial charge on any atom is -0.355 e. The van der Waals surface area contributed by atoms with Gasteiger partial charge in [-0.3, -0.25) is 4.79 Å². The van der Waals surface area contributed by atoms with Crippen molar-refractivity contribution in [3.8, 4) is 0 Å². The highest BCUT2D eigenvalue weighted by Gasteiger charge is 1.99. The maximum atomic E-state index is 11.2. The summed E-state index contributed by atoms with van der Waals surface area (Å²) in [6, 6.07) is 0. The normalized spacial score (nSPS) is 10.7. The number of hydrogen-bond acceptors (Lipinski definition) is 3. The van der Waals surface area contributed by atoms with E-state index >= 15 is 0 Å². The van der Waals surface area contributed by atoms with Crippen molar-refractivity contribution in [2.24, 2.45) is 5.92 Å². The number of rotatable bonds is 9. The van der Waals surface area contributed by atoms with E-state index in [0.29, 0.717) is 6.42 Å². The van der Waals surface area contributed by atoms with E-state index in [9.17, 15) is 4.79 Å². The van der Waals surface area contributed by atoms with Crippen LogP contribution in [-0.4, -0.2) is 37.6 Å². The van der Waals surface area contributed by atoms with Gasteiger partial charge in [0.15, 0.2) is 0 Å². The topological polar surface area (TPSA) is 41.1 Å². The van der Waals surface area contributed by atoms with Crippen molar-refractivity contribution in [3.63, 3.8) is 0 Å². The molecule has 0 saturated heterocycles. The van der Waals surface area contributed by atoms with E-state index in [1.54, 1.807) is 0 Å². The van der Waals surface area contributed by atoms with Crippen LogP contribution in [0.25, 0.3) is 0 Å². The zero-order valence-electron chi connectivity index (χ0n) is 10.1. The molecule has 0 bridgehead atoms. The smallest absolute Gasteiger partial charge is 0.221 e. The van der Waals surface area contributed by atoms with Crippen LogP contribution >= 0.6 is 11.8 Å². The predicted molar refractivity (Wildman–Crippen MR) is 68.3 cm³/mol. The first kappa shape index (κ1) is 14.8. The molecule has 0 spiro atoms. The Bertz CT molecular complexity index is 163. The first-order chi connectivity index (χ1) is 7.16. The van der Waals surface area contributed by atoms with Crippen LogP contribution in [0, 0.1) is 5.92 Å². The summed E-state index contributed by atoms with van der Waals surface area (Å²) in [6.07, 6.45) is 1.84. The summed E-state index contributed by atoms with van der Waals surface area (Å²) in [6.45, 7) is 6.03. The van der Waals surface area contributed by atoms with Gasteiger partial charge < -0.3 is 10.6 Å². The Morgan fingerprint density at radius 3 is 2.60 bits per heavy atom. The van der Waals surface area contributed by atoms with Crippen molar-refractivity contribution in [2.45, 2.75) is 26.7 Å². The van der Waals surface area contributed by atoms with Gasteiger partial charge in [0.05, 0.1) is 0 Å². The molecule has 0 fully saturated rings. The molecule has 4 heteroatoms. The molecule has 2 N–H and O–H groups in total. The fraction of sp³-hybridized carbons (Fsp3) is 0.909. The molecular formula is C11H24N2OS. The Morgan fingerprint density at radius 1 is 1.27 bits per heavy atom. The number of carbonyl (C=O) groups is 1. The lowest BCUT2D eigenvalue weighted by molar-refractivity contribution is -0.120. The van der Waals surface area contributed by atoms with Gasteiger partial charge in [0.2, 0.25) is 5.91 Å². The fourth-order valence-corrected chi connectivity index (χ4v) is 2.10. The van der Waals surface area contributed by atoms with E-state index in [1.807, 2.05) is 18.8 Å². The zero-order chi connectivity index (χ0) is 11.5. The molecule has 0 aromatic rings. The number of carbonyl (C=O) groups excluding carboxylic acids is 1. The lowest BCUT2D eigenvalue weighted by Crippen LogP contribution is -2.28. The second-order valence-electron chi connectivity index (χ2n) is 4.00. The molecule has 0 aliphatic rings. The number of hydrogen-bond donors (Lipinski definition) is 2. The second-order valence-corrected chi connectivity index (χ2v) is 5.22. The van der Waals surface area contributed by atoms with Gasteiger partial charge in [-0.2, -0.15) is 11.8 Å². The largest absolute Gasteiger partial charge is 0.355 e. The molecule has 1 amide bonds. The van der Waals surface area contributed by atoms with E-state index in [-0.39, 0.29) is 5.91 Å². The number of nitrogens with one attached hydrogen (secondary N) is 2. The SMILES string of the molecule is CNCCC(=O)NCCSCCC(C)C. The Kier molecular flexibility index (Phi) is 10.2. The lowest BCUT2D eigenvalue weighted by atomic mass is 10.2. The Morgan fingerprint density at radius 2 is 2.00 bits per heavy atom. The summed E-state index contributed by atoms with van der Waals surface area (Å²) in [7, 11) is 1.86. The van der Waals surface area contributed by atoms with Gasteiger partial charge in [-0.15, -0.1) is 0 Å². The first-order valence-electron chi connectivity index (χ1n) is 5.66. The third kappa shape index (κ3) is 11.7. The molecule has 0 aromatic heterocycles. The van der Waals surface area contributed by atoms with Crippen LogP contribution in [0.5, 0.6) is 0 Å². The van der Waals surface area contributed by atoms with E-state index in [0.717, 1.165) is 24.8 Å². The molecule has 90 valence electrons. The van der Waals surface area contributed by atoms with Gasteiger partial charge in [0.25, 0.3) is 0 Å². The van der Waals surface area contributed by atoms with E-state index in [4.69, 9.17) is 0 Å². The van der Waals surface area contributed by atoms with Crippen molar-refractivity contribution in [3.05, 3.63) is 0 Å². The summed E-state index contributed by atoms with van der Waals surface area (Å²) in [5, 5.41) is 5.86. The fourth-order valence-electron chi connectivity index (χ4n) is 1.01. The zero-order valence-corrected chi connectivity index (χ0v) is 11.0. The van der Waals surface area contributed by atoms with Crippen molar-refractivity contribution in [2.75, 3.05) is 31.6 Å². The summed E-state index contributed by atoms with van der Waals surface area (Å²) in [4.78, 5) is 11.2. The highest BCUT2D eigenvalue weighted by atomic mass is 32.2. The molecule has 0 aliphatic heterocycles. The van der Waals surface area contributed by atoms with E-state index in [1.165, 1.54) is 12.2 Å². The number of thioether (sulfide) groups is 1. The van der Waals surface area contributed by atoms with Crippen LogP contribution in [0.2, 0.25) is 0 Å². The summed E-state index contributed by atoms with van der Waals surface area (Å²) in [5.41, 5.74) is 0. The quantitative estimate of drug-likeness (QED) is 0.592. The standard InChI is InChI=1S/C11H24N2OS/c1-10(2)5-8-15-9-7-13-11(14)4-6-12-3/h10,12H,4-9H2,1-3H3,(H,13,14). The highest BCUT2D eigenvalue weighted by molar-refractivity contribution is 7.99. The third-order valence-corrected chi connectivity index (χ3v) is 3.03. The molecule has 0 rings (SSSR count). The van der Waals surface area contributed by atoms with Crippen LogP contribution in [0.15, 0.2) is 0 Å². The van der Waals surface area contributed by atoms with E-state index in [2.05, 4.69) is 24.5 Å². The van der Waals surface area contributed by atoms with Crippen molar-refractivity contribution in [1.29, 1.82) is 0 Å². The minimum absolute atomic E-state index is 0.147. The van der Waals surface area contributed by atoms with Gasteiger partial charge in [-0.05, 0) is 25.1 Å². The van der Waals surface area contributed by atoms with Crippen LogP contribution in [-0.2, 0) is 4.79 Å². The Balaban J connectivity index is 3.13. The molecule has 0 unspecified atom stereocenters. The molecule has 0 atom stereocenters. The predicted octanol–water partition coefficient (Wildman–Crippen LogP) is 1.49. The molecule has 15 heavy (non-hydrogen) atoms. The maximum absolute atomic E-state index is 11.2. The van der Waals surface area contributed by atoms with Gasteiger partial charge in [0.1, 0.15) is 0 Å². The van der Waals surface area contributed by atoms with Crippen molar-refractivity contribution < 1.29 is 4.79 Å². The molecule has 3 nitrogen and oxygen atoms in total.